The Balaban J connectivity index is 1.57. The van der Waals surface area contributed by atoms with E-state index in [1.165, 1.54) is 6.08 Å². The van der Waals surface area contributed by atoms with Crippen LogP contribution >= 0.6 is 0 Å². The molecule has 6 nitrogen and oxygen atoms in total. The predicted molar refractivity (Wildman–Crippen MR) is 100 cm³/mol. The summed E-state index contributed by atoms with van der Waals surface area (Å²) in [5.41, 5.74) is 0. The van der Waals surface area contributed by atoms with E-state index in [0.717, 1.165) is 51.4 Å². The molecule has 0 aromatic heterocycles. The molecular formula is C21H32O6. The van der Waals surface area contributed by atoms with Crippen molar-refractivity contribution >= 4 is 17.7 Å². The Morgan fingerprint density at radius 3 is 1.96 bits per heavy atom. The summed E-state index contributed by atoms with van der Waals surface area (Å²) in [6.45, 7) is 4.10. The van der Waals surface area contributed by atoms with Crippen molar-refractivity contribution in [2.24, 2.45) is 23.7 Å². The van der Waals surface area contributed by atoms with Crippen LogP contribution in [0.5, 0.6) is 0 Å². The van der Waals surface area contributed by atoms with Crippen LogP contribution in [-0.2, 0) is 23.9 Å². The van der Waals surface area contributed by atoms with E-state index in [0.29, 0.717) is 31.5 Å². The van der Waals surface area contributed by atoms with Gasteiger partial charge in [-0.25, -0.2) is 0 Å². The zero-order valence-corrected chi connectivity index (χ0v) is 16.1. The highest BCUT2D eigenvalue weighted by atomic mass is 16.5. The van der Waals surface area contributed by atoms with Gasteiger partial charge >= 0.3 is 11.9 Å². The van der Waals surface area contributed by atoms with Crippen LogP contribution in [0.3, 0.4) is 0 Å². The molecule has 1 N–H and O–H groups in total. The lowest BCUT2D eigenvalue weighted by Crippen LogP contribution is -2.30. The first-order chi connectivity index (χ1) is 13.0. The Hall–Kier alpha value is -1.69. The molecule has 0 atom stereocenters. The van der Waals surface area contributed by atoms with Gasteiger partial charge in [0.15, 0.2) is 5.78 Å². The summed E-state index contributed by atoms with van der Waals surface area (Å²) < 4.78 is 10.5. The summed E-state index contributed by atoms with van der Waals surface area (Å²) >= 11 is 0. The summed E-state index contributed by atoms with van der Waals surface area (Å²) in [6.07, 6.45) is 9.22. The number of rotatable bonds is 10. The van der Waals surface area contributed by atoms with Crippen molar-refractivity contribution in [2.45, 2.75) is 57.8 Å². The van der Waals surface area contributed by atoms with Crippen molar-refractivity contribution in [3.8, 4) is 0 Å². The van der Waals surface area contributed by atoms with Crippen molar-refractivity contribution in [3.05, 3.63) is 12.7 Å². The number of hydrogen-bond acceptors (Lipinski definition) is 5. The maximum Gasteiger partial charge on any atom is 0.308 e. The molecule has 2 aliphatic carbocycles. The molecule has 6 heteroatoms. The number of carbonyl (C=O) groups is 3. The van der Waals surface area contributed by atoms with E-state index < -0.39 is 5.97 Å². The van der Waals surface area contributed by atoms with Gasteiger partial charge in [-0.3, -0.25) is 14.4 Å². The predicted octanol–water partition coefficient (Wildman–Crippen LogP) is 3.39. The van der Waals surface area contributed by atoms with Gasteiger partial charge in [-0.05, 0) is 69.3 Å². The normalized spacial score (nSPS) is 28.3. The minimum absolute atomic E-state index is 0.0140. The van der Waals surface area contributed by atoms with Gasteiger partial charge in [-0.1, -0.05) is 6.58 Å². The Bertz CT molecular complexity index is 513. The number of ether oxygens (including phenoxy) is 2. The van der Waals surface area contributed by atoms with Crippen LogP contribution in [0.1, 0.15) is 57.8 Å². The molecule has 2 saturated carbocycles. The highest BCUT2D eigenvalue weighted by Crippen LogP contribution is 2.41. The fraction of sp³-hybridized carbons (Fsp3) is 0.762. The lowest BCUT2D eigenvalue weighted by molar-refractivity contribution is -0.151. The quantitative estimate of drug-likeness (QED) is 0.355. The van der Waals surface area contributed by atoms with Gasteiger partial charge in [0.1, 0.15) is 6.61 Å². The molecule has 2 rings (SSSR count). The van der Waals surface area contributed by atoms with E-state index in [4.69, 9.17) is 14.6 Å². The number of esters is 1. The van der Waals surface area contributed by atoms with Gasteiger partial charge in [0, 0.05) is 6.42 Å². The van der Waals surface area contributed by atoms with E-state index in [1.807, 2.05) is 0 Å². The molecule has 152 valence electrons. The highest BCUT2D eigenvalue weighted by molar-refractivity contribution is 5.90. The number of carboxylic acid groups (broad SMARTS) is 1. The third-order valence-corrected chi connectivity index (χ3v) is 6.04. The second kappa shape index (κ2) is 11.2. The van der Waals surface area contributed by atoms with Crippen LogP contribution in [0.25, 0.3) is 0 Å². The van der Waals surface area contributed by atoms with Crippen LogP contribution in [0.4, 0.5) is 0 Å². The topological polar surface area (TPSA) is 89.9 Å². The molecule has 0 aromatic rings. The van der Waals surface area contributed by atoms with Gasteiger partial charge in [0.25, 0.3) is 0 Å². The van der Waals surface area contributed by atoms with Gasteiger partial charge in [0.2, 0.25) is 0 Å². The Kier molecular flexibility index (Phi) is 8.98. The molecule has 2 fully saturated rings. The molecule has 2 aliphatic rings. The summed E-state index contributed by atoms with van der Waals surface area (Å²) in [6, 6.07) is 0. The van der Waals surface area contributed by atoms with Gasteiger partial charge in [0.05, 0.1) is 25.0 Å². The first kappa shape index (κ1) is 21.6. The first-order valence-electron chi connectivity index (χ1n) is 10.1. The molecule has 0 heterocycles. The minimum atomic E-state index is -0.655. The first-order valence-corrected chi connectivity index (χ1v) is 10.1. The second-order valence-electron chi connectivity index (χ2n) is 7.81. The average Bonchev–Trinajstić information content (AvgIpc) is 2.70. The van der Waals surface area contributed by atoms with Crippen molar-refractivity contribution in [3.63, 3.8) is 0 Å². The number of hydrogen-bond donors (Lipinski definition) is 1. The second-order valence-corrected chi connectivity index (χ2v) is 7.81. The summed E-state index contributed by atoms with van der Waals surface area (Å²) in [5, 5.41) is 9.11. The van der Waals surface area contributed by atoms with Crippen molar-refractivity contribution in [2.75, 3.05) is 19.8 Å². The number of aliphatic carboxylic acids is 1. The largest absolute Gasteiger partial charge is 0.481 e. The van der Waals surface area contributed by atoms with E-state index in [9.17, 15) is 14.4 Å². The van der Waals surface area contributed by atoms with Crippen molar-refractivity contribution < 1.29 is 29.0 Å². The van der Waals surface area contributed by atoms with Crippen LogP contribution in [-0.4, -0.2) is 42.6 Å². The molecule has 0 unspecified atom stereocenters. The smallest absolute Gasteiger partial charge is 0.308 e. The fourth-order valence-corrected chi connectivity index (χ4v) is 4.35. The maximum atomic E-state index is 12.2. The highest BCUT2D eigenvalue weighted by Gasteiger charge is 2.34. The monoisotopic (exact) mass is 380 g/mol. The zero-order valence-electron chi connectivity index (χ0n) is 16.1. The SMILES string of the molecule is C=CC(=O)COCCCOC(=O)C1CCC(C2CCC(C(=O)O)CC2)CC1. The van der Waals surface area contributed by atoms with Gasteiger partial charge in [-0.2, -0.15) is 0 Å². The third kappa shape index (κ3) is 7.09. The van der Waals surface area contributed by atoms with E-state index >= 15 is 0 Å². The average molecular weight is 380 g/mol. The molecule has 0 radical (unpaired) electrons. The van der Waals surface area contributed by atoms with Crippen molar-refractivity contribution in [1.29, 1.82) is 0 Å². The minimum Gasteiger partial charge on any atom is -0.481 e. The molecule has 27 heavy (non-hydrogen) atoms. The van der Waals surface area contributed by atoms with Crippen LogP contribution in [0.2, 0.25) is 0 Å². The van der Waals surface area contributed by atoms with Crippen LogP contribution in [0.15, 0.2) is 12.7 Å². The molecule has 0 bridgehead atoms. The molecule has 0 saturated heterocycles. The molecule has 0 aliphatic heterocycles. The number of ketones is 1. The zero-order chi connectivity index (χ0) is 19.6. The molecule has 0 spiro atoms. The third-order valence-electron chi connectivity index (χ3n) is 6.04. The van der Waals surface area contributed by atoms with Crippen molar-refractivity contribution in [1.82, 2.24) is 0 Å². The van der Waals surface area contributed by atoms with Crippen LogP contribution < -0.4 is 0 Å². The fourth-order valence-electron chi connectivity index (χ4n) is 4.35. The maximum absolute atomic E-state index is 12.2. The summed E-state index contributed by atoms with van der Waals surface area (Å²) in [5.74, 6) is 0.141. The summed E-state index contributed by atoms with van der Waals surface area (Å²) in [4.78, 5) is 34.2. The Morgan fingerprint density at radius 1 is 0.889 bits per heavy atom. The Labute approximate surface area is 161 Å². The number of carbonyl (C=O) groups excluding carboxylic acids is 2. The van der Waals surface area contributed by atoms with E-state index in [-0.39, 0.29) is 30.2 Å². The van der Waals surface area contributed by atoms with E-state index in [2.05, 4.69) is 6.58 Å². The number of carboxylic acids is 1. The lowest BCUT2D eigenvalue weighted by Gasteiger charge is -2.36. The molecule has 0 amide bonds. The standard InChI is InChI=1S/C21H32O6/c1-2-19(22)14-26-12-3-13-27-21(25)18-10-6-16(7-11-18)15-4-8-17(9-5-15)20(23)24/h2,15-18H,1,3-14H2,(H,23,24). The summed E-state index contributed by atoms with van der Waals surface area (Å²) in [7, 11) is 0. The molecular weight excluding hydrogens is 348 g/mol. The Morgan fingerprint density at radius 2 is 1.44 bits per heavy atom. The van der Waals surface area contributed by atoms with Gasteiger partial charge < -0.3 is 14.6 Å². The van der Waals surface area contributed by atoms with E-state index in [1.54, 1.807) is 0 Å². The van der Waals surface area contributed by atoms with Gasteiger partial charge in [-0.15, -0.1) is 0 Å². The lowest BCUT2D eigenvalue weighted by atomic mass is 9.69. The molecule has 0 aromatic carbocycles. The van der Waals surface area contributed by atoms with Crippen LogP contribution in [0, 0.1) is 23.7 Å².